The van der Waals surface area contributed by atoms with Gasteiger partial charge in [0.05, 0.1) is 18.4 Å². The minimum Gasteiger partial charge on any atom is -0.497 e. The lowest BCUT2D eigenvalue weighted by atomic mass is 10.0. The van der Waals surface area contributed by atoms with E-state index in [4.69, 9.17) is 4.74 Å². The molecule has 0 spiro atoms. The third-order valence-corrected chi connectivity index (χ3v) is 6.06. The number of nitrogens with one attached hydrogen (secondary N) is 1. The largest absolute Gasteiger partial charge is 0.497 e. The maximum Gasteiger partial charge on any atom is 0.282 e. The van der Waals surface area contributed by atoms with E-state index in [1.807, 2.05) is 72.8 Å². The summed E-state index contributed by atoms with van der Waals surface area (Å²) in [4.78, 5) is 30.7. The highest BCUT2D eigenvalue weighted by molar-refractivity contribution is 6.46. The Morgan fingerprint density at radius 3 is 2.18 bits per heavy atom. The van der Waals surface area contributed by atoms with E-state index >= 15 is 0 Å². The molecule has 2 aliphatic rings. The Hall–Kier alpha value is -4.06. The predicted octanol–water partition coefficient (Wildman–Crippen LogP) is 4.69. The molecule has 0 radical (unpaired) electrons. The molecule has 2 aliphatic heterocycles. The van der Waals surface area contributed by atoms with Crippen molar-refractivity contribution in [3.63, 3.8) is 0 Å². The van der Waals surface area contributed by atoms with Gasteiger partial charge in [0.15, 0.2) is 0 Å². The Bertz CT molecular complexity index is 1210. The first-order valence-corrected chi connectivity index (χ1v) is 11.1. The summed E-state index contributed by atoms with van der Waals surface area (Å²) in [6.07, 6.45) is 2.38. The van der Waals surface area contributed by atoms with E-state index in [1.165, 1.54) is 17.7 Å². The predicted molar refractivity (Wildman–Crippen MR) is 130 cm³/mol. The summed E-state index contributed by atoms with van der Waals surface area (Å²) in [5.74, 6) is -0.0610. The number of carbonyl (C=O) groups is 2. The zero-order chi connectivity index (χ0) is 22.8. The first-order valence-electron chi connectivity index (χ1n) is 11.1. The van der Waals surface area contributed by atoms with E-state index in [0.29, 0.717) is 28.3 Å². The average Bonchev–Trinajstić information content (AvgIpc) is 3.47. The smallest absolute Gasteiger partial charge is 0.282 e. The van der Waals surface area contributed by atoms with E-state index in [1.54, 1.807) is 13.2 Å². The topological polar surface area (TPSA) is 61.9 Å². The molecule has 0 bridgehead atoms. The van der Waals surface area contributed by atoms with Crippen LogP contribution in [0.25, 0.3) is 5.57 Å². The van der Waals surface area contributed by atoms with Crippen LogP contribution in [0.1, 0.15) is 18.4 Å². The van der Waals surface area contributed by atoms with Crippen molar-refractivity contribution in [1.29, 1.82) is 0 Å². The molecule has 2 amide bonds. The molecule has 1 fully saturated rings. The van der Waals surface area contributed by atoms with Gasteiger partial charge in [-0.3, -0.25) is 9.59 Å². The quantitative estimate of drug-likeness (QED) is 0.565. The molecular weight excluding hydrogens is 414 g/mol. The van der Waals surface area contributed by atoms with Crippen molar-refractivity contribution in [2.24, 2.45) is 0 Å². The molecule has 0 unspecified atom stereocenters. The van der Waals surface area contributed by atoms with Gasteiger partial charge in [0.1, 0.15) is 11.4 Å². The molecule has 0 saturated carbocycles. The molecule has 166 valence electrons. The number of carbonyl (C=O) groups excluding carboxylic acids is 2. The van der Waals surface area contributed by atoms with Crippen LogP contribution >= 0.6 is 0 Å². The maximum atomic E-state index is 13.6. The van der Waals surface area contributed by atoms with Gasteiger partial charge in [-0.1, -0.05) is 36.4 Å². The second-order valence-electron chi connectivity index (χ2n) is 8.13. The number of benzene rings is 3. The maximum absolute atomic E-state index is 13.6. The Labute approximate surface area is 193 Å². The number of ether oxygens (including phenoxy) is 1. The summed E-state index contributed by atoms with van der Waals surface area (Å²) in [6.45, 7) is 2.07. The Kier molecular flexibility index (Phi) is 5.57. The molecule has 6 nitrogen and oxygen atoms in total. The lowest BCUT2D eigenvalue weighted by Gasteiger charge is -2.20. The van der Waals surface area contributed by atoms with Crippen LogP contribution in [-0.4, -0.2) is 32.0 Å². The van der Waals surface area contributed by atoms with Crippen LogP contribution in [-0.2, 0) is 9.59 Å². The van der Waals surface area contributed by atoms with Crippen LogP contribution in [0.4, 0.5) is 17.1 Å². The third kappa shape index (κ3) is 3.96. The molecule has 0 aliphatic carbocycles. The van der Waals surface area contributed by atoms with Crippen molar-refractivity contribution in [2.75, 3.05) is 35.3 Å². The summed E-state index contributed by atoms with van der Waals surface area (Å²) in [5, 5.41) is 3.18. The molecule has 33 heavy (non-hydrogen) atoms. The first-order chi connectivity index (χ1) is 16.2. The fraction of sp³-hybridized carbons (Fsp3) is 0.185. The van der Waals surface area contributed by atoms with Gasteiger partial charge in [0.25, 0.3) is 11.8 Å². The highest BCUT2D eigenvalue weighted by Crippen LogP contribution is 2.35. The third-order valence-electron chi connectivity index (χ3n) is 6.06. The minimum absolute atomic E-state index is 0.253. The SMILES string of the molecule is COc1cccc(NC2=C(c3ccccc3)C(=O)N(c3ccc(N4CCCC4)cc3)C2=O)c1. The zero-order valence-corrected chi connectivity index (χ0v) is 18.5. The van der Waals surface area contributed by atoms with Crippen LogP contribution in [0.2, 0.25) is 0 Å². The summed E-state index contributed by atoms with van der Waals surface area (Å²) < 4.78 is 5.30. The van der Waals surface area contributed by atoms with Gasteiger partial charge in [0, 0.05) is 30.5 Å². The standard InChI is InChI=1S/C27H25N3O3/c1-33-23-11-7-10-20(18-23)28-25-24(19-8-3-2-4-9-19)26(31)30(27(25)32)22-14-12-21(13-15-22)29-16-5-6-17-29/h2-4,7-15,18,28H,5-6,16-17H2,1H3. The van der Waals surface area contributed by atoms with Crippen LogP contribution < -0.4 is 19.9 Å². The van der Waals surface area contributed by atoms with Gasteiger partial charge < -0.3 is 15.0 Å². The van der Waals surface area contributed by atoms with Gasteiger partial charge in [-0.15, -0.1) is 0 Å². The van der Waals surface area contributed by atoms with Gasteiger partial charge in [0.2, 0.25) is 0 Å². The fourth-order valence-electron chi connectivity index (χ4n) is 4.39. The molecule has 2 heterocycles. The van der Waals surface area contributed by atoms with Gasteiger partial charge in [-0.2, -0.15) is 0 Å². The van der Waals surface area contributed by atoms with Crippen molar-refractivity contribution in [2.45, 2.75) is 12.8 Å². The number of rotatable bonds is 6. The lowest BCUT2D eigenvalue weighted by Crippen LogP contribution is -2.32. The number of hydrogen-bond acceptors (Lipinski definition) is 5. The molecule has 1 saturated heterocycles. The van der Waals surface area contributed by atoms with Crippen molar-refractivity contribution in [3.05, 3.63) is 90.1 Å². The summed E-state index contributed by atoms with van der Waals surface area (Å²) >= 11 is 0. The number of methoxy groups -OCH3 is 1. The van der Waals surface area contributed by atoms with Gasteiger partial charge in [-0.05, 0) is 54.8 Å². The molecule has 6 heteroatoms. The molecular formula is C27H25N3O3. The molecule has 0 atom stereocenters. The number of anilines is 3. The van der Waals surface area contributed by atoms with Gasteiger partial charge in [-0.25, -0.2) is 4.90 Å². The normalized spacial score (nSPS) is 16.0. The van der Waals surface area contributed by atoms with E-state index in [-0.39, 0.29) is 17.5 Å². The Balaban J connectivity index is 1.51. The van der Waals surface area contributed by atoms with E-state index in [2.05, 4.69) is 10.2 Å². The molecule has 5 rings (SSSR count). The summed E-state index contributed by atoms with van der Waals surface area (Å²) in [5.41, 5.74) is 3.64. The van der Waals surface area contributed by atoms with Crippen LogP contribution in [0.15, 0.2) is 84.6 Å². The first kappa shape index (κ1) is 20.8. The van der Waals surface area contributed by atoms with E-state index < -0.39 is 0 Å². The number of hydrogen-bond donors (Lipinski definition) is 1. The van der Waals surface area contributed by atoms with Crippen molar-refractivity contribution >= 4 is 34.4 Å². The highest BCUT2D eigenvalue weighted by atomic mass is 16.5. The lowest BCUT2D eigenvalue weighted by molar-refractivity contribution is -0.120. The van der Waals surface area contributed by atoms with E-state index in [0.717, 1.165) is 18.8 Å². The average molecular weight is 440 g/mol. The van der Waals surface area contributed by atoms with Crippen molar-refractivity contribution < 1.29 is 14.3 Å². The minimum atomic E-state index is -0.379. The molecule has 3 aromatic carbocycles. The Morgan fingerprint density at radius 2 is 1.48 bits per heavy atom. The second-order valence-corrected chi connectivity index (χ2v) is 8.13. The number of nitrogens with zero attached hydrogens (tertiary/aromatic N) is 2. The highest BCUT2D eigenvalue weighted by Gasteiger charge is 2.40. The zero-order valence-electron chi connectivity index (χ0n) is 18.5. The number of amides is 2. The fourth-order valence-corrected chi connectivity index (χ4v) is 4.39. The molecule has 3 aromatic rings. The monoisotopic (exact) mass is 439 g/mol. The molecule has 1 N–H and O–H groups in total. The second kappa shape index (κ2) is 8.82. The molecule has 0 aromatic heterocycles. The van der Waals surface area contributed by atoms with Crippen molar-refractivity contribution in [3.8, 4) is 5.75 Å². The van der Waals surface area contributed by atoms with Crippen LogP contribution in [0.5, 0.6) is 5.75 Å². The van der Waals surface area contributed by atoms with Crippen molar-refractivity contribution in [1.82, 2.24) is 0 Å². The summed E-state index contributed by atoms with van der Waals surface area (Å²) in [7, 11) is 1.59. The van der Waals surface area contributed by atoms with Crippen LogP contribution in [0, 0.1) is 0 Å². The Morgan fingerprint density at radius 1 is 0.788 bits per heavy atom. The van der Waals surface area contributed by atoms with E-state index in [9.17, 15) is 9.59 Å². The summed E-state index contributed by atoms with van der Waals surface area (Å²) in [6, 6.07) is 24.2. The number of imide groups is 1. The van der Waals surface area contributed by atoms with Gasteiger partial charge >= 0.3 is 0 Å². The van der Waals surface area contributed by atoms with Crippen LogP contribution in [0.3, 0.4) is 0 Å².